The van der Waals surface area contributed by atoms with Crippen LogP contribution < -0.4 is 5.32 Å². The molecule has 2 heterocycles. The molecule has 4 heteroatoms. The van der Waals surface area contributed by atoms with Crippen LogP contribution in [0.25, 0.3) is 0 Å². The van der Waals surface area contributed by atoms with Gasteiger partial charge >= 0.3 is 0 Å². The van der Waals surface area contributed by atoms with Crippen molar-refractivity contribution in [3.8, 4) is 0 Å². The van der Waals surface area contributed by atoms with Crippen LogP contribution in [0.1, 0.15) is 25.6 Å². The Balaban J connectivity index is 1.57. The lowest BCUT2D eigenvalue weighted by Crippen LogP contribution is -2.38. The van der Waals surface area contributed by atoms with Crippen LogP contribution in [0.2, 0.25) is 0 Å². The van der Waals surface area contributed by atoms with Crippen molar-refractivity contribution in [2.24, 2.45) is 5.92 Å². The molecule has 0 aliphatic carbocycles. The number of piperidine rings is 1. The molecule has 2 N–H and O–H groups in total. The summed E-state index contributed by atoms with van der Waals surface area (Å²) in [5.74, 6) is 1.89. The number of hydrogen-bond donors (Lipinski definition) is 2. The highest BCUT2D eigenvalue weighted by molar-refractivity contribution is 4.85. The zero-order valence-electron chi connectivity index (χ0n) is 10.1. The highest BCUT2D eigenvalue weighted by Crippen LogP contribution is 2.14. The fourth-order valence-corrected chi connectivity index (χ4v) is 2.33. The van der Waals surface area contributed by atoms with Crippen LogP contribution in [0.15, 0.2) is 12.4 Å². The quantitative estimate of drug-likeness (QED) is 0.737. The van der Waals surface area contributed by atoms with Gasteiger partial charge in [-0.3, -0.25) is 0 Å². The van der Waals surface area contributed by atoms with Crippen LogP contribution in [-0.2, 0) is 6.54 Å². The highest BCUT2D eigenvalue weighted by atomic mass is 15.1. The van der Waals surface area contributed by atoms with E-state index in [0.29, 0.717) is 0 Å². The Morgan fingerprint density at radius 1 is 1.62 bits per heavy atom. The average molecular weight is 222 g/mol. The van der Waals surface area contributed by atoms with E-state index in [-0.39, 0.29) is 0 Å². The SMILES string of the molecule is CC1CCCN(CCNCc2ncc[nH]2)C1. The summed E-state index contributed by atoms with van der Waals surface area (Å²) in [6, 6.07) is 0. The maximum atomic E-state index is 4.18. The van der Waals surface area contributed by atoms with Crippen molar-refractivity contribution in [3.63, 3.8) is 0 Å². The molecule has 1 unspecified atom stereocenters. The molecule has 0 bridgehead atoms. The lowest BCUT2D eigenvalue weighted by molar-refractivity contribution is 0.184. The number of likely N-dealkylation sites (tertiary alicyclic amines) is 1. The topological polar surface area (TPSA) is 44.0 Å². The van der Waals surface area contributed by atoms with E-state index in [2.05, 4.69) is 27.1 Å². The molecule has 1 aromatic rings. The third-order valence-corrected chi connectivity index (χ3v) is 3.19. The molecule has 0 amide bonds. The Kier molecular flexibility index (Phi) is 4.36. The van der Waals surface area contributed by atoms with Gasteiger partial charge in [-0.25, -0.2) is 4.98 Å². The molecule has 0 aromatic carbocycles. The van der Waals surface area contributed by atoms with Crippen molar-refractivity contribution in [2.75, 3.05) is 26.2 Å². The molecule has 2 rings (SSSR count). The average Bonchev–Trinajstić information content (AvgIpc) is 2.77. The lowest BCUT2D eigenvalue weighted by Gasteiger charge is -2.30. The van der Waals surface area contributed by atoms with Gasteiger partial charge < -0.3 is 15.2 Å². The summed E-state index contributed by atoms with van der Waals surface area (Å²) < 4.78 is 0. The number of rotatable bonds is 5. The van der Waals surface area contributed by atoms with E-state index in [4.69, 9.17) is 0 Å². The minimum atomic E-state index is 0.844. The fourth-order valence-electron chi connectivity index (χ4n) is 2.33. The van der Waals surface area contributed by atoms with Gasteiger partial charge in [0.2, 0.25) is 0 Å². The van der Waals surface area contributed by atoms with Gasteiger partial charge in [0.15, 0.2) is 0 Å². The monoisotopic (exact) mass is 222 g/mol. The van der Waals surface area contributed by atoms with E-state index in [1.807, 2.05) is 6.20 Å². The van der Waals surface area contributed by atoms with Gasteiger partial charge in [-0.1, -0.05) is 6.92 Å². The summed E-state index contributed by atoms with van der Waals surface area (Å²) in [5, 5.41) is 3.41. The maximum absolute atomic E-state index is 4.18. The molecular weight excluding hydrogens is 200 g/mol. The van der Waals surface area contributed by atoms with Gasteiger partial charge in [-0.2, -0.15) is 0 Å². The predicted molar refractivity (Wildman–Crippen MR) is 65.1 cm³/mol. The first kappa shape index (κ1) is 11.6. The number of hydrogen-bond acceptors (Lipinski definition) is 3. The van der Waals surface area contributed by atoms with E-state index in [1.165, 1.54) is 25.9 Å². The minimum absolute atomic E-state index is 0.844. The zero-order valence-corrected chi connectivity index (χ0v) is 10.1. The highest BCUT2D eigenvalue weighted by Gasteiger charge is 2.15. The van der Waals surface area contributed by atoms with Crippen molar-refractivity contribution in [3.05, 3.63) is 18.2 Å². The smallest absolute Gasteiger partial charge is 0.120 e. The minimum Gasteiger partial charge on any atom is -0.348 e. The molecule has 1 aromatic heterocycles. The number of nitrogens with one attached hydrogen (secondary N) is 2. The largest absolute Gasteiger partial charge is 0.348 e. The standard InChI is InChI=1S/C12H22N4/c1-11-3-2-7-16(10-11)8-6-13-9-12-14-4-5-15-12/h4-5,11,13H,2-3,6-10H2,1H3,(H,14,15). The van der Waals surface area contributed by atoms with Crippen LogP contribution in [0.3, 0.4) is 0 Å². The summed E-state index contributed by atoms with van der Waals surface area (Å²) in [6.45, 7) is 7.94. The molecule has 1 aliphatic heterocycles. The third kappa shape index (κ3) is 3.61. The molecule has 1 aliphatic rings. The number of imidazole rings is 1. The zero-order chi connectivity index (χ0) is 11.2. The molecular formula is C12H22N4. The number of H-pyrrole nitrogens is 1. The Morgan fingerprint density at radius 2 is 2.56 bits per heavy atom. The van der Waals surface area contributed by atoms with Crippen LogP contribution in [0, 0.1) is 5.92 Å². The van der Waals surface area contributed by atoms with Crippen molar-refractivity contribution in [2.45, 2.75) is 26.3 Å². The Morgan fingerprint density at radius 3 is 3.31 bits per heavy atom. The Bertz CT molecular complexity index is 283. The first-order valence-electron chi connectivity index (χ1n) is 6.26. The van der Waals surface area contributed by atoms with E-state index >= 15 is 0 Å². The van der Waals surface area contributed by atoms with Gasteiger partial charge in [0.25, 0.3) is 0 Å². The number of nitrogens with zero attached hydrogens (tertiary/aromatic N) is 2. The molecule has 1 saturated heterocycles. The van der Waals surface area contributed by atoms with Crippen molar-refractivity contribution < 1.29 is 0 Å². The molecule has 0 radical (unpaired) electrons. The van der Waals surface area contributed by atoms with Crippen molar-refractivity contribution in [1.82, 2.24) is 20.2 Å². The lowest BCUT2D eigenvalue weighted by atomic mass is 10.0. The van der Waals surface area contributed by atoms with Gasteiger partial charge in [0.05, 0.1) is 6.54 Å². The first-order chi connectivity index (χ1) is 7.84. The second-order valence-corrected chi connectivity index (χ2v) is 4.76. The summed E-state index contributed by atoms with van der Waals surface area (Å²) >= 11 is 0. The Labute approximate surface area is 97.4 Å². The van der Waals surface area contributed by atoms with Crippen LogP contribution in [-0.4, -0.2) is 41.0 Å². The third-order valence-electron chi connectivity index (χ3n) is 3.19. The molecule has 1 fully saturated rings. The number of aromatic nitrogens is 2. The van der Waals surface area contributed by atoms with Gasteiger partial charge in [0, 0.05) is 32.0 Å². The number of aromatic amines is 1. The molecule has 4 nitrogen and oxygen atoms in total. The fraction of sp³-hybridized carbons (Fsp3) is 0.750. The van der Waals surface area contributed by atoms with Gasteiger partial charge in [-0.15, -0.1) is 0 Å². The molecule has 0 saturated carbocycles. The second-order valence-electron chi connectivity index (χ2n) is 4.76. The van der Waals surface area contributed by atoms with E-state index in [0.717, 1.165) is 31.4 Å². The normalized spacial score (nSPS) is 22.4. The molecule has 90 valence electrons. The summed E-state index contributed by atoms with van der Waals surface area (Å²) in [5.41, 5.74) is 0. The van der Waals surface area contributed by atoms with Crippen molar-refractivity contribution >= 4 is 0 Å². The molecule has 0 spiro atoms. The summed E-state index contributed by atoms with van der Waals surface area (Å²) in [6.07, 6.45) is 6.42. The van der Waals surface area contributed by atoms with Gasteiger partial charge in [0.1, 0.15) is 5.82 Å². The van der Waals surface area contributed by atoms with Crippen LogP contribution in [0.5, 0.6) is 0 Å². The second kappa shape index (κ2) is 6.01. The molecule has 16 heavy (non-hydrogen) atoms. The summed E-state index contributed by atoms with van der Waals surface area (Å²) in [4.78, 5) is 9.84. The van der Waals surface area contributed by atoms with Crippen LogP contribution >= 0.6 is 0 Å². The van der Waals surface area contributed by atoms with E-state index < -0.39 is 0 Å². The van der Waals surface area contributed by atoms with Crippen LogP contribution in [0.4, 0.5) is 0 Å². The van der Waals surface area contributed by atoms with E-state index in [1.54, 1.807) is 6.20 Å². The predicted octanol–water partition coefficient (Wildman–Crippen LogP) is 1.23. The van der Waals surface area contributed by atoms with Gasteiger partial charge in [-0.05, 0) is 25.3 Å². The van der Waals surface area contributed by atoms with Crippen molar-refractivity contribution in [1.29, 1.82) is 0 Å². The first-order valence-corrected chi connectivity index (χ1v) is 6.26. The molecule has 1 atom stereocenters. The Hall–Kier alpha value is -0.870. The summed E-state index contributed by atoms with van der Waals surface area (Å²) in [7, 11) is 0. The van der Waals surface area contributed by atoms with E-state index in [9.17, 15) is 0 Å². The maximum Gasteiger partial charge on any atom is 0.120 e.